The smallest absolute Gasteiger partial charge is 0.235 e. The maximum atomic E-state index is 12.8. The van der Waals surface area contributed by atoms with E-state index in [4.69, 9.17) is 32.4 Å². The number of benzene rings is 2. The van der Waals surface area contributed by atoms with Gasteiger partial charge >= 0.3 is 0 Å². The quantitative estimate of drug-likeness (QED) is 0.629. The van der Waals surface area contributed by atoms with Crippen molar-refractivity contribution in [2.45, 2.75) is 13.8 Å². The van der Waals surface area contributed by atoms with E-state index in [2.05, 4.69) is 0 Å². The third-order valence-electron chi connectivity index (χ3n) is 3.54. The van der Waals surface area contributed by atoms with Gasteiger partial charge < -0.3 is 9.15 Å². The van der Waals surface area contributed by atoms with E-state index < -0.39 is 0 Å². The van der Waals surface area contributed by atoms with Crippen molar-refractivity contribution < 1.29 is 9.15 Å². The van der Waals surface area contributed by atoms with E-state index in [9.17, 15) is 4.79 Å². The number of aryl methyl sites for hydroxylation is 1. The zero-order chi connectivity index (χ0) is 16.6. The van der Waals surface area contributed by atoms with Crippen LogP contribution in [0, 0.1) is 6.92 Å². The largest absolute Gasteiger partial charge is 0.487 e. The molecule has 0 aliphatic carbocycles. The summed E-state index contributed by atoms with van der Waals surface area (Å²) in [5.74, 6) is 0.477. The first-order valence-corrected chi connectivity index (χ1v) is 7.93. The van der Waals surface area contributed by atoms with Gasteiger partial charge in [-0.3, -0.25) is 4.79 Å². The van der Waals surface area contributed by atoms with Crippen LogP contribution < -0.4 is 10.2 Å². The average Bonchev–Trinajstić information content (AvgIpc) is 2.53. The summed E-state index contributed by atoms with van der Waals surface area (Å²) in [5.41, 5.74) is 1.64. The molecule has 3 nitrogen and oxygen atoms in total. The summed E-state index contributed by atoms with van der Waals surface area (Å²) in [7, 11) is 0. The van der Waals surface area contributed by atoms with Crippen LogP contribution in [0.3, 0.4) is 0 Å². The molecule has 0 spiro atoms. The van der Waals surface area contributed by atoms with Crippen molar-refractivity contribution in [1.82, 2.24) is 0 Å². The molecule has 0 fully saturated rings. The molecule has 1 heterocycles. The number of hydrogen-bond acceptors (Lipinski definition) is 3. The maximum Gasteiger partial charge on any atom is 0.235 e. The van der Waals surface area contributed by atoms with Crippen LogP contribution in [0.2, 0.25) is 10.0 Å². The summed E-state index contributed by atoms with van der Waals surface area (Å²) >= 11 is 12.4. The molecule has 0 bridgehead atoms. The Morgan fingerprint density at radius 1 is 1.13 bits per heavy atom. The monoisotopic (exact) mass is 348 g/mol. The fourth-order valence-electron chi connectivity index (χ4n) is 2.40. The third-order valence-corrected chi connectivity index (χ3v) is 4.27. The first kappa shape index (κ1) is 15.9. The minimum Gasteiger partial charge on any atom is -0.487 e. The number of ether oxygens (including phenoxy) is 1. The Hall–Kier alpha value is -1.97. The van der Waals surface area contributed by atoms with Crippen LogP contribution in [0.1, 0.15) is 12.5 Å². The first-order valence-electron chi connectivity index (χ1n) is 7.17. The second-order valence-corrected chi connectivity index (χ2v) is 5.91. The molecule has 23 heavy (non-hydrogen) atoms. The van der Waals surface area contributed by atoms with E-state index in [1.165, 1.54) is 0 Å². The van der Waals surface area contributed by atoms with Crippen molar-refractivity contribution in [3.05, 3.63) is 62.2 Å². The van der Waals surface area contributed by atoms with Crippen LogP contribution in [0.15, 0.2) is 45.6 Å². The molecular weight excluding hydrogens is 335 g/mol. The Morgan fingerprint density at radius 3 is 2.57 bits per heavy atom. The molecule has 118 valence electrons. The molecule has 0 unspecified atom stereocenters. The zero-order valence-corrected chi connectivity index (χ0v) is 14.2. The molecule has 3 rings (SSSR count). The fourth-order valence-corrected chi connectivity index (χ4v) is 2.78. The minimum atomic E-state index is -0.259. The Balaban J connectivity index is 2.41. The lowest BCUT2D eigenvalue weighted by atomic mass is 10.1. The van der Waals surface area contributed by atoms with Crippen LogP contribution in [0.5, 0.6) is 5.75 Å². The van der Waals surface area contributed by atoms with Gasteiger partial charge in [0.15, 0.2) is 5.76 Å². The highest BCUT2D eigenvalue weighted by atomic mass is 35.5. The van der Waals surface area contributed by atoms with Crippen LogP contribution in [-0.2, 0) is 0 Å². The van der Waals surface area contributed by atoms with Crippen molar-refractivity contribution in [3.63, 3.8) is 0 Å². The fraction of sp³-hybridized carbons (Fsp3) is 0.167. The van der Waals surface area contributed by atoms with Crippen molar-refractivity contribution in [1.29, 1.82) is 0 Å². The van der Waals surface area contributed by atoms with Gasteiger partial charge in [0, 0.05) is 10.6 Å². The second kappa shape index (κ2) is 6.26. The molecule has 0 amide bonds. The van der Waals surface area contributed by atoms with Crippen molar-refractivity contribution in [3.8, 4) is 17.1 Å². The number of fused-ring (bicyclic) bond motifs is 1. The van der Waals surface area contributed by atoms with Gasteiger partial charge in [-0.25, -0.2) is 0 Å². The van der Waals surface area contributed by atoms with Crippen LogP contribution in [-0.4, -0.2) is 6.61 Å². The van der Waals surface area contributed by atoms with Crippen molar-refractivity contribution in [2.24, 2.45) is 0 Å². The van der Waals surface area contributed by atoms with Crippen LogP contribution in [0.4, 0.5) is 0 Å². The Kier molecular flexibility index (Phi) is 4.33. The SMILES string of the molecule is CCOc1c(-c2ccccc2Cl)oc2cc(C)c(Cl)cc2c1=O. The van der Waals surface area contributed by atoms with E-state index >= 15 is 0 Å². The summed E-state index contributed by atoms with van der Waals surface area (Å²) in [4.78, 5) is 12.8. The summed E-state index contributed by atoms with van der Waals surface area (Å²) in [5, 5.41) is 1.39. The van der Waals surface area contributed by atoms with Gasteiger partial charge in [-0.05, 0) is 43.7 Å². The predicted octanol–water partition coefficient (Wildman–Crippen LogP) is 5.47. The van der Waals surface area contributed by atoms with Gasteiger partial charge in [0.1, 0.15) is 5.58 Å². The summed E-state index contributed by atoms with van der Waals surface area (Å²) in [6, 6.07) is 10.5. The van der Waals surface area contributed by atoms with Crippen molar-refractivity contribution in [2.75, 3.05) is 6.61 Å². The standard InChI is InChI=1S/C18H14Cl2O3/c1-3-22-18-16(21)12-9-14(20)10(2)8-15(12)23-17(18)11-6-4-5-7-13(11)19/h4-9H,3H2,1-2H3. The minimum absolute atomic E-state index is 0.146. The Labute approximate surface area is 143 Å². The molecule has 0 saturated heterocycles. The van der Waals surface area contributed by atoms with Gasteiger partial charge in [-0.2, -0.15) is 0 Å². The van der Waals surface area contributed by atoms with Gasteiger partial charge in [0.2, 0.25) is 11.2 Å². The van der Waals surface area contributed by atoms with E-state index in [1.807, 2.05) is 26.0 Å². The molecule has 0 radical (unpaired) electrons. The van der Waals surface area contributed by atoms with Crippen molar-refractivity contribution >= 4 is 34.2 Å². The highest BCUT2D eigenvalue weighted by molar-refractivity contribution is 6.33. The lowest BCUT2D eigenvalue weighted by molar-refractivity contribution is 0.330. The number of halogens is 2. The Bertz CT molecular complexity index is 945. The third kappa shape index (κ3) is 2.82. The average molecular weight is 349 g/mol. The normalized spacial score (nSPS) is 11.0. The van der Waals surface area contributed by atoms with Gasteiger partial charge in [-0.1, -0.05) is 35.3 Å². The molecule has 1 aromatic heterocycles. The van der Waals surface area contributed by atoms with Crippen LogP contribution >= 0.6 is 23.2 Å². The molecule has 3 aromatic rings. The van der Waals surface area contributed by atoms with E-state index in [0.717, 1.165) is 5.56 Å². The number of hydrogen-bond donors (Lipinski definition) is 0. The van der Waals surface area contributed by atoms with E-state index in [-0.39, 0.29) is 11.2 Å². The van der Waals surface area contributed by atoms with E-state index in [1.54, 1.807) is 24.3 Å². The molecule has 5 heteroatoms. The molecule has 0 atom stereocenters. The maximum absolute atomic E-state index is 12.8. The van der Waals surface area contributed by atoms with Gasteiger partial charge in [0.05, 0.1) is 17.0 Å². The summed E-state index contributed by atoms with van der Waals surface area (Å²) in [6.45, 7) is 4.00. The molecule has 0 saturated carbocycles. The highest BCUT2D eigenvalue weighted by Crippen LogP contribution is 2.36. The summed E-state index contributed by atoms with van der Waals surface area (Å²) < 4.78 is 11.5. The van der Waals surface area contributed by atoms with Gasteiger partial charge in [0.25, 0.3) is 0 Å². The molecule has 0 aliphatic heterocycles. The second-order valence-electron chi connectivity index (χ2n) is 5.10. The zero-order valence-electron chi connectivity index (χ0n) is 12.7. The molecule has 0 N–H and O–H groups in total. The number of rotatable bonds is 3. The molecule has 2 aromatic carbocycles. The topological polar surface area (TPSA) is 39.4 Å². The summed E-state index contributed by atoms with van der Waals surface area (Å²) in [6.07, 6.45) is 0. The lowest BCUT2D eigenvalue weighted by Crippen LogP contribution is -2.10. The molecule has 0 aliphatic rings. The lowest BCUT2D eigenvalue weighted by Gasteiger charge is -2.12. The first-order chi connectivity index (χ1) is 11.0. The van der Waals surface area contributed by atoms with E-state index in [0.29, 0.717) is 38.9 Å². The Morgan fingerprint density at radius 2 is 1.87 bits per heavy atom. The molecular formula is C18H14Cl2O3. The highest BCUT2D eigenvalue weighted by Gasteiger charge is 2.19. The predicted molar refractivity (Wildman–Crippen MR) is 93.8 cm³/mol. The van der Waals surface area contributed by atoms with Crippen LogP contribution in [0.25, 0.3) is 22.3 Å². The van der Waals surface area contributed by atoms with Gasteiger partial charge in [-0.15, -0.1) is 0 Å².